The predicted octanol–water partition coefficient (Wildman–Crippen LogP) is 4.81. The number of hydrogen-bond donors (Lipinski definition) is 1. The van der Waals surface area contributed by atoms with E-state index in [-0.39, 0.29) is 11.9 Å². The van der Waals surface area contributed by atoms with Gasteiger partial charge in [0.15, 0.2) is 0 Å². The van der Waals surface area contributed by atoms with Gasteiger partial charge in [0.25, 0.3) is 0 Å². The smallest absolute Gasteiger partial charge is 0.238 e. The van der Waals surface area contributed by atoms with Crippen LogP contribution in [0.1, 0.15) is 25.5 Å². The zero-order valence-corrected chi connectivity index (χ0v) is 13.1. The highest BCUT2D eigenvalue weighted by Crippen LogP contribution is 2.40. The molecule has 3 rings (SSSR count). The maximum atomic E-state index is 10.4. The molecule has 22 heavy (non-hydrogen) atoms. The van der Waals surface area contributed by atoms with Crippen LogP contribution >= 0.6 is 0 Å². The van der Waals surface area contributed by atoms with Gasteiger partial charge in [0, 0.05) is 11.6 Å². The van der Waals surface area contributed by atoms with Crippen LogP contribution in [0.2, 0.25) is 0 Å². The first kappa shape index (κ1) is 14.4. The second-order valence-corrected chi connectivity index (χ2v) is 5.82. The zero-order chi connectivity index (χ0) is 15.7. The number of rotatable bonds is 3. The van der Waals surface area contributed by atoms with E-state index in [0.29, 0.717) is 0 Å². The molecule has 1 heterocycles. The Kier molecular flexibility index (Phi) is 3.72. The van der Waals surface area contributed by atoms with Gasteiger partial charge in [0.05, 0.1) is 11.3 Å². The van der Waals surface area contributed by atoms with Crippen molar-refractivity contribution in [1.29, 1.82) is 0 Å². The van der Waals surface area contributed by atoms with E-state index < -0.39 is 0 Å². The van der Waals surface area contributed by atoms with E-state index in [1.54, 1.807) is 0 Å². The average Bonchev–Trinajstić information content (AvgIpc) is 2.86. The quantitative estimate of drug-likeness (QED) is 0.752. The van der Waals surface area contributed by atoms with E-state index in [2.05, 4.69) is 44.1 Å². The standard InChI is InChI=1S/C19H20N2O/c1-13(2)21-18(16-11-7-8-14(3)12-16)17(19(22)20-21)15-9-5-4-6-10-15/h4-13H,1-3H3,(H,20,22). The third-order valence-electron chi connectivity index (χ3n) is 3.74. The molecule has 112 valence electrons. The molecule has 0 bridgehead atoms. The van der Waals surface area contributed by atoms with Gasteiger partial charge in [-0.05, 0) is 32.4 Å². The Hall–Kier alpha value is -2.55. The van der Waals surface area contributed by atoms with E-state index in [1.165, 1.54) is 5.56 Å². The molecule has 1 aromatic heterocycles. The molecule has 3 nitrogen and oxygen atoms in total. The Bertz CT molecular complexity index is 788. The molecule has 0 aliphatic heterocycles. The van der Waals surface area contributed by atoms with Gasteiger partial charge >= 0.3 is 0 Å². The molecule has 3 heteroatoms. The van der Waals surface area contributed by atoms with Crippen molar-refractivity contribution < 1.29 is 5.11 Å². The van der Waals surface area contributed by atoms with Crippen LogP contribution in [0, 0.1) is 6.92 Å². The van der Waals surface area contributed by atoms with Crippen LogP contribution in [-0.4, -0.2) is 14.9 Å². The Morgan fingerprint density at radius 1 is 0.955 bits per heavy atom. The second kappa shape index (κ2) is 5.68. The molecular weight excluding hydrogens is 272 g/mol. The monoisotopic (exact) mass is 292 g/mol. The molecular formula is C19H20N2O. The average molecular weight is 292 g/mol. The van der Waals surface area contributed by atoms with Crippen molar-refractivity contribution in [2.75, 3.05) is 0 Å². The molecule has 0 unspecified atom stereocenters. The van der Waals surface area contributed by atoms with Gasteiger partial charge in [-0.2, -0.15) is 0 Å². The van der Waals surface area contributed by atoms with Crippen molar-refractivity contribution >= 4 is 0 Å². The minimum Gasteiger partial charge on any atom is -0.492 e. The number of hydrogen-bond acceptors (Lipinski definition) is 2. The summed E-state index contributed by atoms with van der Waals surface area (Å²) in [6.07, 6.45) is 0. The molecule has 0 amide bonds. The fourth-order valence-corrected chi connectivity index (χ4v) is 2.74. The van der Waals surface area contributed by atoms with Gasteiger partial charge in [0.2, 0.25) is 5.88 Å². The maximum Gasteiger partial charge on any atom is 0.238 e. The molecule has 0 aliphatic rings. The summed E-state index contributed by atoms with van der Waals surface area (Å²) in [6.45, 7) is 6.21. The third kappa shape index (κ3) is 2.50. The summed E-state index contributed by atoms with van der Waals surface area (Å²) >= 11 is 0. The Morgan fingerprint density at radius 3 is 2.27 bits per heavy atom. The zero-order valence-electron chi connectivity index (χ0n) is 13.1. The summed E-state index contributed by atoms with van der Waals surface area (Å²) in [5.41, 5.74) is 4.98. The van der Waals surface area contributed by atoms with E-state index in [0.717, 1.165) is 22.4 Å². The first-order valence-corrected chi connectivity index (χ1v) is 7.52. The topological polar surface area (TPSA) is 38.1 Å². The van der Waals surface area contributed by atoms with Gasteiger partial charge in [-0.15, -0.1) is 5.10 Å². The summed E-state index contributed by atoms with van der Waals surface area (Å²) in [5, 5.41) is 14.8. The van der Waals surface area contributed by atoms with Crippen LogP contribution < -0.4 is 0 Å². The van der Waals surface area contributed by atoms with Gasteiger partial charge in [-0.1, -0.05) is 54.1 Å². The van der Waals surface area contributed by atoms with Crippen molar-refractivity contribution in [1.82, 2.24) is 9.78 Å². The summed E-state index contributed by atoms with van der Waals surface area (Å²) in [5.74, 6) is 0.0800. The summed E-state index contributed by atoms with van der Waals surface area (Å²) in [6, 6.07) is 18.4. The lowest BCUT2D eigenvalue weighted by Gasteiger charge is -2.13. The van der Waals surface area contributed by atoms with Crippen molar-refractivity contribution in [2.45, 2.75) is 26.8 Å². The predicted molar refractivity (Wildman–Crippen MR) is 89.9 cm³/mol. The number of benzene rings is 2. The van der Waals surface area contributed by atoms with Crippen molar-refractivity contribution in [3.8, 4) is 28.3 Å². The fourth-order valence-electron chi connectivity index (χ4n) is 2.74. The summed E-state index contributed by atoms with van der Waals surface area (Å²) < 4.78 is 1.90. The number of aryl methyl sites for hydroxylation is 1. The number of aromatic hydroxyl groups is 1. The van der Waals surface area contributed by atoms with Crippen LogP contribution in [0.25, 0.3) is 22.4 Å². The SMILES string of the molecule is Cc1cccc(-c2c(-c3ccccc3)c(O)nn2C(C)C)c1. The van der Waals surface area contributed by atoms with Crippen LogP contribution in [-0.2, 0) is 0 Å². The Balaban J connectivity index is 2.31. The number of nitrogens with zero attached hydrogens (tertiary/aromatic N) is 2. The molecule has 0 atom stereocenters. The van der Waals surface area contributed by atoms with Crippen LogP contribution in [0.4, 0.5) is 0 Å². The normalized spacial score (nSPS) is 11.1. The number of aromatic nitrogens is 2. The fraction of sp³-hybridized carbons (Fsp3) is 0.211. The maximum absolute atomic E-state index is 10.4. The van der Waals surface area contributed by atoms with Gasteiger partial charge in [-0.25, -0.2) is 0 Å². The highest BCUT2D eigenvalue weighted by Gasteiger charge is 2.21. The highest BCUT2D eigenvalue weighted by atomic mass is 16.3. The highest BCUT2D eigenvalue weighted by molar-refractivity contribution is 5.84. The van der Waals surface area contributed by atoms with E-state index in [4.69, 9.17) is 0 Å². The molecule has 0 radical (unpaired) electrons. The first-order chi connectivity index (χ1) is 10.6. The third-order valence-corrected chi connectivity index (χ3v) is 3.74. The first-order valence-electron chi connectivity index (χ1n) is 7.52. The lowest BCUT2D eigenvalue weighted by molar-refractivity contribution is 0.428. The molecule has 2 aromatic carbocycles. The lowest BCUT2D eigenvalue weighted by Crippen LogP contribution is -2.05. The second-order valence-electron chi connectivity index (χ2n) is 5.82. The van der Waals surface area contributed by atoms with Crippen LogP contribution in [0.3, 0.4) is 0 Å². The van der Waals surface area contributed by atoms with Crippen LogP contribution in [0.15, 0.2) is 54.6 Å². The summed E-state index contributed by atoms with van der Waals surface area (Å²) in [4.78, 5) is 0. The Morgan fingerprint density at radius 2 is 1.64 bits per heavy atom. The van der Waals surface area contributed by atoms with Crippen molar-refractivity contribution in [3.63, 3.8) is 0 Å². The molecule has 0 aliphatic carbocycles. The van der Waals surface area contributed by atoms with Gasteiger partial charge < -0.3 is 5.11 Å². The minimum atomic E-state index is 0.0800. The minimum absolute atomic E-state index is 0.0800. The largest absolute Gasteiger partial charge is 0.492 e. The van der Waals surface area contributed by atoms with Gasteiger partial charge in [0.1, 0.15) is 0 Å². The molecule has 0 fully saturated rings. The van der Waals surface area contributed by atoms with E-state index in [1.807, 2.05) is 41.1 Å². The van der Waals surface area contributed by atoms with E-state index >= 15 is 0 Å². The summed E-state index contributed by atoms with van der Waals surface area (Å²) in [7, 11) is 0. The molecule has 0 saturated carbocycles. The molecule has 0 saturated heterocycles. The van der Waals surface area contributed by atoms with Gasteiger partial charge in [-0.3, -0.25) is 4.68 Å². The lowest BCUT2D eigenvalue weighted by atomic mass is 9.99. The molecule has 1 N–H and O–H groups in total. The van der Waals surface area contributed by atoms with Crippen molar-refractivity contribution in [2.24, 2.45) is 0 Å². The Labute approximate surface area is 130 Å². The van der Waals surface area contributed by atoms with Crippen LogP contribution in [0.5, 0.6) is 5.88 Å². The van der Waals surface area contributed by atoms with E-state index in [9.17, 15) is 5.11 Å². The van der Waals surface area contributed by atoms with Crippen molar-refractivity contribution in [3.05, 3.63) is 60.2 Å². The molecule has 3 aromatic rings. The molecule has 0 spiro atoms.